The molecule has 2 aromatic carbocycles. The zero-order valence-electron chi connectivity index (χ0n) is 29.2. The van der Waals surface area contributed by atoms with Gasteiger partial charge in [0.1, 0.15) is 19.3 Å². The minimum absolute atomic E-state index is 0.0479. The number of nitrogens with one attached hydrogen (secondary N) is 5. The highest BCUT2D eigenvalue weighted by Gasteiger charge is 2.18. The van der Waals surface area contributed by atoms with E-state index >= 15 is 0 Å². The Kier molecular flexibility index (Phi) is 20.8. The predicted molar refractivity (Wildman–Crippen MR) is 191 cm³/mol. The molecule has 0 fully saturated rings. The van der Waals surface area contributed by atoms with Gasteiger partial charge >= 0.3 is 12.2 Å². The summed E-state index contributed by atoms with van der Waals surface area (Å²) >= 11 is 0. The Hall–Kier alpha value is -4.85. The second kappa shape index (κ2) is 25.2. The molecule has 0 bridgehead atoms. The molecule has 0 aliphatic heterocycles. The molecule has 14 heteroatoms. The van der Waals surface area contributed by atoms with E-state index in [4.69, 9.17) is 20.6 Å². The number of carbonyl (C=O) groups excluding carboxylic acids is 4. The molecule has 0 radical (unpaired) electrons. The third-order valence-electron chi connectivity index (χ3n) is 7.68. The van der Waals surface area contributed by atoms with Crippen LogP contribution in [-0.2, 0) is 32.3 Å². The van der Waals surface area contributed by atoms with Crippen molar-refractivity contribution in [3.8, 4) is 0 Å². The summed E-state index contributed by atoms with van der Waals surface area (Å²) in [5, 5.41) is 28.2. The number of ether oxygens (including phenoxy) is 2. The number of nitrogens with two attached hydrogens (primary N) is 1. The van der Waals surface area contributed by atoms with Crippen LogP contribution in [0, 0.1) is 5.41 Å². The molecule has 0 saturated heterocycles. The number of hydrogen-bond acceptors (Lipinski definition) is 8. The summed E-state index contributed by atoms with van der Waals surface area (Å²) in [4.78, 5) is 51.5. The van der Waals surface area contributed by atoms with E-state index in [9.17, 15) is 24.3 Å². The lowest BCUT2D eigenvalue weighted by molar-refractivity contribution is -0.129. The Bertz CT molecular complexity index is 1280. The van der Waals surface area contributed by atoms with Gasteiger partial charge < -0.3 is 46.5 Å². The molecule has 8 N–H and O–H groups in total. The number of nitrogens with zero attached hydrogens (tertiary/aromatic N) is 1. The Morgan fingerprint density at radius 1 is 0.760 bits per heavy atom. The Morgan fingerprint density at radius 3 is 1.98 bits per heavy atom. The number of unbranched alkanes of at least 4 members (excludes halogenated alkanes) is 4. The van der Waals surface area contributed by atoms with E-state index in [1.165, 1.54) is 0 Å². The molecule has 1 unspecified atom stereocenters. The number of hydrogen-bond donors (Lipinski definition) is 7. The van der Waals surface area contributed by atoms with Gasteiger partial charge in [-0.15, -0.1) is 0 Å². The number of carbonyl (C=O) groups is 4. The van der Waals surface area contributed by atoms with Crippen molar-refractivity contribution in [3.63, 3.8) is 0 Å². The van der Waals surface area contributed by atoms with Gasteiger partial charge in [-0.1, -0.05) is 79.9 Å². The van der Waals surface area contributed by atoms with Gasteiger partial charge in [-0.05, 0) is 50.2 Å². The highest BCUT2D eigenvalue weighted by atomic mass is 16.6. The first-order valence-corrected chi connectivity index (χ1v) is 17.4. The minimum Gasteiger partial charge on any atom is -0.445 e. The maximum atomic E-state index is 12.9. The topological polar surface area (TPSA) is 208 Å². The van der Waals surface area contributed by atoms with Gasteiger partial charge in [0.05, 0.1) is 12.5 Å². The van der Waals surface area contributed by atoms with Crippen LogP contribution in [0.5, 0.6) is 0 Å². The molecule has 2 rings (SSSR count). The number of aliphatic hydroxyl groups excluding tert-OH is 1. The number of benzene rings is 2. The second-order valence-corrected chi connectivity index (χ2v) is 12.1. The molecule has 14 nitrogen and oxygen atoms in total. The van der Waals surface area contributed by atoms with Gasteiger partial charge in [-0.2, -0.15) is 0 Å². The summed E-state index contributed by atoms with van der Waals surface area (Å²) in [6.45, 7) is 3.94. The van der Waals surface area contributed by atoms with Gasteiger partial charge in [0, 0.05) is 32.7 Å². The van der Waals surface area contributed by atoms with Gasteiger partial charge in [-0.25, -0.2) is 9.59 Å². The maximum absolute atomic E-state index is 12.9. The van der Waals surface area contributed by atoms with Gasteiger partial charge in [0.25, 0.3) is 0 Å². The van der Waals surface area contributed by atoms with Gasteiger partial charge in [0.2, 0.25) is 11.8 Å². The zero-order chi connectivity index (χ0) is 36.4. The number of amides is 4. The molecule has 0 aromatic heterocycles. The fraction of sp³-hybridized carbons (Fsp3) is 0.528. The molecule has 4 amide bonds. The summed E-state index contributed by atoms with van der Waals surface area (Å²) in [6.07, 6.45) is 3.75. The average Bonchev–Trinajstić information content (AvgIpc) is 3.10. The molecule has 0 spiro atoms. The molecule has 50 heavy (non-hydrogen) atoms. The normalized spacial score (nSPS) is 11.8. The molecule has 2 aromatic rings. The Balaban J connectivity index is 1.66. The summed E-state index contributed by atoms with van der Waals surface area (Å²) in [7, 11) is 0. The molecule has 0 aliphatic carbocycles. The van der Waals surface area contributed by atoms with Crippen molar-refractivity contribution in [3.05, 3.63) is 71.8 Å². The first-order valence-electron chi connectivity index (χ1n) is 17.4. The second-order valence-electron chi connectivity index (χ2n) is 12.1. The molecule has 0 heterocycles. The first-order chi connectivity index (χ1) is 24.1. The average molecular weight is 698 g/mol. The molecule has 276 valence electrons. The van der Waals surface area contributed by atoms with Crippen LogP contribution in [0.1, 0.15) is 75.8 Å². The van der Waals surface area contributed by atoms with Crippen LogP contribution >= 0.6 is 0 Å². The maximum Gasteiger partial charge on any atom is 0.410 e. The van der Waals surface area contributed by atoms with E-state index < -0.39 is 30.2 Å². The summed E-state index contributed by atoms with van der Waals surface area (Å²) < 4.78 is 10.8. The smallest absolute Gasteiger partial charge is 0.410 e. The molecular weight excluding hydrogens is 642 g/mol. The van der Waals surface area contributed by atoms with Gasteiger partial charge in [-0.3, -0.25) is 15.0 Å². The lowest BCUT2D eigenvalue weighted by Gasteiger charge is -2.22. The molecule has 0 saturated carbocycles. The predicted octanol–water partition coefficient (Wildman–Crippen LogP) is 3.53. The van der Waals surface area contributed by atoms with Crippen molar-refractivity contribution in [2.75, 3.05) is 32.7 Å². The third kappa shape index (κ3) is 19.8. The van der Waals surface area contributed by atoms with E-state index in [1.54, 1.807) is 11.8 Å². The van der Waals surface area contributed by atoms with E-state index in [0.29, 0.717) is 58.4 Å². The SMILES string of the molecule is C[C@H](NC(=O)CC(O)CCCCCCNC(=N)N)C(=O)NCCCCN(CCCNC(=O)OCc1ccccc1)C(=O)OCc1ccccc1. The van der Waals surface area contributed by atoms with Crippen molar-refractivity contribution in [1.82, 2.24) is 26.2 Å². The van der Waals surface area contributed by atoms with Crippen LogP contribution in [-0.4, -0.2) is 84.8 Å². The third-order valence-corrected chi connectivity index (χ3v) is 7.68. The fourth-order valence-corrected chi connectivity index (χ4v) is 4.90. The van der Waals surface area contributed by atoms with Crippen molar-refractivity contribution < 1.29 is 33.8 Å². The van der Waals surface area contributed by atoms with Crippen molar-refractivity contribution >= 4 is 30.0 Å². The lowest BCUT2D eigenvalue weighted by atomic mass is 10.1. The largest absolute Gasteiger partial charge is 0.445 e. The van der Waals surface area contributed by atoms with Crippen molar-refractivity contribution in [2.45, 2.75) is 90.1 Å². The van der Waals surface area contributed by atoms with Crippen LogP contribution in [0.2, 0.25) is 0 Å². The van der Waals surface area contributed by atoms with E-state index in [1.807, 2.05) is 60.7 Å². The van der Waals surface area contributed by atoms with Crippen LogP contribution in [0.4, 0.5) is 9.59 Å². The molecular formula is C36H55N7O7. The molecule has 2 atom stereocenters. The van der Waals surface area contributed by atoms with Crippen LogP contribution in [0.25, 0.3) is 0 Å². The van der Waals surface area contributed by atoms with Crippen molar-refractivity contribution in [2.24, 2.45) is 5.73 Å². The first kappa shape index (κ1) is 41.3. The van der Waals surface area contributed by atoms with E-state index in [2.05, 4.69) is 21.3 Å². The quantitative estimate of drug-likeness (QED) is 0.0486. The van der Waals surface area contributed by atoms with Crippen LogP contribution in [0.15, 0.2) is 60.7 Å². The van der Waals surface area contributed by atoms with E-state index in [0.717, 1.165) is 36.8 Å². The summed E-state index contributed by atoms with van der Waals surface area (Å²) in [6, 6.07) is 18.0. The standard InChI is InChI=1S/C36H55N7O7/c1-28(42-32(45)25-31(44)19-10-2-3-11-21-40-34(37)38)33(46)39-20-12-13-23-43(36(48)50-27-30-17-8-5-9-18-30)24-14-22-41-35(47)49-26-29-15-6-4-7-16-29/h4-9,15-18,28,31,44H,2-3,10-14,19-27H2,1H3,(H,39,46)(H,41,47)(H,42,45)(H4,37,38,40)/t28-,31?/m0/s1. The van der Waals surface area contributed by atoms with Crippen LogP contribution in [0.3, 0.4) is 0 Å². The monoisotopic (exact) mass is 697 g/mol. The highest BCUT2D eigenvalue weighted by molar-refractivity contribution is 5.87. The fourth-order valence-electron chi connectivity index (χ4n) is 4.90. The van der Waals surface area contributed by atoms with E-state index in [-0.39, 0.29) is 31.5 Å². The molecule has 0 aliphatic rings. The number of alkyl carbamates (subject to hydrolysis) is 1. The highest BCUT2D eigenvalue weighted by Crippen LogP contribution is 2.09. The number of guanidine groups is 1. The van der Waals surface area contributed by atoms with Gasteiger partial charge in [0.15, 0.2) is 5.96 Å². The zero-order valence-corrected chi connectivity index (χ0v) is 29.2. The number of rotatable bonds is 24. The Morgan fingerprint density at radius 2 is 1.32 bits per heavy atom. The number of aliphatic hydroxyl groups is 1. The Labute approximate surface area is 295 Å². The summed E-state index contributed by atoms with van der Waals surface area (Å²) in [5.74, 6) is -0.779. The lowest BCUT2D eigenvalue weighted by Crippen LogP contribution is -2.45. The summed E-state index contributed by atoms with van der Waals surface area (Å²) in [5.41, 5.74) is 6.99. The minimum atomic E-state index is -0.785. The van der Waals surface area contributed by atoms with Crippen LogP contribution < -0.4 is 27.0 Å². The van der Waals surface area contributed by atoms with Crippen molar-refractivity contribution in [1.29, 1.82) is 5.41 Å².